The standard InChI is InChI=1S/C26H24ClFN4O3/c1-16(18-10-20(34-2)13-21(11-18)35-3)30-26(33)25-9-17(14-32-7-6-29-15-32)8-24(31-25)22-5-4-19(28)12-23(22)27/h4-13,15-16H,14H2,1-3H3,(H,30,33). The molecule has 0 aliphatic rings. The van der Waals surface area contributed by atoms with Gasteiger partial charge in [0.05, 0.1) is 37.3 Å². The molecule has 0 radical (unpaired) electrons. The van der Waals surface area contributed by atoms with E-state index in [4.69, 9.17) is 21.1 Å². The average Bonchev–Trinajstić information content (AvgIpc) is 3.36. The highest BCUT2D eigenvalue weighted by molar-refractivity contribution is 6.33. The number of nitrogens with zero attached hydrogens (tertiary/aromatic N) is 3. The minimum Gasteiger partial charge on any atom is -0.497 e. The van der Waals surface area contributed by atoms with Crippen LogP contribution in [0.25, 0.3) is 11.3 Å². The molecule has 0 fully saturated rings. The summed E-state index contributed by atoms with van der Waals surface area (Å²) >= 11 is 6.29. The Labute approximate surface area is 207 Å². The Morgan fingerprint density at radius 3 is 2.49 bits per heavy atom. The van der Waals surface area contributed by atoms with Gasteiger partial charge in [-0.05, 0) is 60.5 Å². The summed E-state index contributed by atoms with van der Waals surface area (Å²) in [6.07, 6.45) is 5.18. The molecule has 4 rings (SSSR count). The van der Waals surface area contributed by atoms with E-state index in [9.17, 15) is 9.18 Å². The second kappa shape index (κ2) is 10.6. The van der Waals surface area contributed by atoms with E-state index in [1.807, 2.05) is 35.9 Å². The van der Waals surface area contributed by atoms with Gasteiger partial charge in [0.15, 0.2) is 0 Å². The Hall–Kier alpha value is -3.91. The Morgan fingerprint density at radius 1 is 1.11 bits per heavy atom. The van der Waals surface area contributed by atoms with Gasteiger partial charge in [-0.1, -0.05) is 11.6 Å². The zero-order valence-electron chi connectivity index (χ0n) is 19.5. The third-order valence-electron chi connectivity index (χ3n) is 5.47. The van der Waals surface area contributed by atoms with Crippen molar-refractivity contribution in [1.29, 1.82) is 0 Å². The van der Waals surface area contributed by atoms with Gasteiger partial charge in [-0.3, -0.25) is 4.79 Å². The summed E-state index contributed by atoms with van der Waals surface area (Å²) in [7, 11) is 3.14. The Morgan fingerprint density at radius 2 is 1.86 bits per heavy atom. The highest BCUT2D eigenvalue weighted by Crippen LogP contribution is 2.29. The van der Waals surface area contributed by atoms with Crippen molar-refractivity contribution in [1.82, 2.24) is 19.9 Å². The predicted molar refractivity (Wildman–Crippen MR) is 131 cm³/mol. The lowest BCUT2D eigenvalue weighted by atomic mass is 10.1. The van der Waals surface area contributed by atoms with Gasteiger partial charge in [0.1, 0.15) is 23.0 Å². The molecule has 0 aliphatic carbocycles. The lowest BCUT2D eigenvalue weighted by molar-refractivity contribution is 0.0934. The van der Waals surface area contributed by atoms with Gasteiger partial charge in [0, 0.05) is 30.6 Å². The molecule has 2 aromatic carbocycles. The number of hydrogen-bond donors (Lipinski definition) is 1. The van der Waals surface area contributed by atoms with Crippen molar-refractivity contribution in [3.05, 3.63) is 94.9 Å². The molecule has 7 nitrogen and oxygen atoms in total. The van der Waals surface area contributed by atoms with Crippen LogP contribution in [0.2, 0.25) is 5.02 Å². The van der Waals surface area contributed by atoms with E-state index in [1.54, 1.807) is 44.9 Å². The molecule has 4 aromatic rings. The number of carbonyl (C=O) groups is 1. The molecule has 0 saturated carbocycles. The largest absolute Gasteiger partial charge is 0.497 e. The topological polar surface area (TPSA) is 78.3 Å². The fourth-order valence-corrected chi connectivity index (χ4v) is 3.92. The highest BCUT2D eigenvalue weighted by atomic mass is 35.5. The van der Waals surface area contributed by atoms with Crippen LogP contribution in [0.15, 0.2) is 67.3 Å². The van der Waals surface area contributed by atoms with Crippen LogP contribution in [0.4, 0.5) is 4.39 Å². The van der Waals surface area contributed by atoms with Crippen molar-refractivity contribution in [3.63, 3.8) is 0 Å². The first-order valence-electron chi connectivity index (χ1n) is 10.8. The average molecular weight is 495 g/mol. The number of halogens is 2. The van der Waals surface area contributed by atoms with Crippen molar-refractivity contribution in [3.8, 4) is 22.8 Å². The van der Waals surface area contributed by atoms with Crippen molar-refractivity contribution in [2.75, 3.05) is 14.2 Å². The van der Waals surface area contributed by atoms with E-state index in [0.29, 0.717) is 29.3 Å². The quantitative estimate of drug-likeness (QED) is 0.360. The zero-order chi connectivity index (χ0) is 24.9. The fraction of sp³-hybridized carbons (Fsp3) is 0.192. The third kappa shape index (κ3) is 5.78. The Balaban J connectivity index is 1.67. The molecule has 1 N–H and O–H groups in total. The molecule has 1 amide bonds. The molecule has 1 unspecified atom stereocenters. The molecule has 9 heteroatoms. The van der Waals surface area contributed by atoms with Gasteiger partial charge >= 0.3 is 0 Å². The molecule has 180 valence electrons. The molecular weight excluding hydrogens is 471 g/mol. The molecule has 0 saturated heterocycles. The number of ether oxygens (including phenoxy) is 2. The van der Waals surface area contributed by atoms with Gasteiger partial charge in [-0.2, -0.15) is 0 Å². The van der Waals surface area contributed by atoms with E-state index < -0.39 is 5.82 Å². The van der Waals surface area contributed by atoms with Crippen molar-refractivity contribution in [2.45, 2.75) is 19.5 Å². The van der Waals surface area contributed by atoms with Crippen LogP contribution >= 0.6 is 11.6 Å². The Bertz CT molecular complexity index is 1320. The Kier molecular flexibility index (Phi) is 7.31. The van der Waals surface area contributed by atoms with E-state index in [0.717, 1.165) is 11.1 Å². The van der Waals surface area contributed by atoms with Crippen LogP contribution in [0.3, 0.4) is 0 Å². The number of methoxy groups -OCH3 is 2. The minimum atomic E-state index is -0.450. The number of carbonyl (C=O) groups excluding carboxylic acids is 1. The van der Waals surface area contributed by atoms with Crippen molar-refractivity contribution >= 4 is 17.5 Å². The summed E-state index contributed by atoms with van der Waals surface area (Å²) in [5.74, 6) is 0.420. The van der Waals surface area contributed by atoms with Gasteiger partial charge in [0.2, 0.25) is 0 Å². The number of hydrogen-bond acceptors (Lipinski definition) is 5. The summed E-state index contributed by atoms with van der Waals surface area (Å²) in [6, 6.07) is 12.7. The van der Waals surface area contributed by atoms with E-state index in [2.05, 4.69) is 15.3 Å². The van der Waals surface area contributed by atoms with Crippen LogP contribution in [0.5, 0.6) is 11.5 Å². The summed E-state index contributed by atoms with van der Waals surface area (Å²) in [5, 5.41) is 3.19. The van der Waals surface area contributed by atoms with Gasteiger partial charge in [-0.25, -0.2) is 14.4 Å². The molecule has 2 aromatic heterocycles. The number of aromatic nitrogens is 3. The van der Waals surface area contributed by atoms with Gasteiger partial charge in [-0.15, -0.1) is 0 Å². The number of nitrogens with one attached hydrogen (secondary N) is 1. The van der Waals surface area contributed by atoms with E-state index in [-0.39, 0.29) is 22.7 Å². The summed E-state index contributed by atoms with van der Waals surface area (Å²) in [4.78, 5) is 21.9. The lowest BCUT2D eigenvalue weighted by Crippen LogP contribution is -2.27. The van der Waals surface area contributed by atoms with Crippen LogP contribution in [0, 0.1) is 5.82 Å². The maximum Gasteiger partial charge on any atom is 0.270 e. The maximum atomic E-state index is 13.6. The van der Waals surface area contributed by atoms with Crippen LogP contribution in [-0.4, -0.2) is 34.7 Å². The number of pyridine rings is 1. The first-order chi connectivity index (χ1) is 16.9. The van der Waals surface area contributed by atoms with Crippen LogP contribution in [-0.2, 0) is 6.54 Å². The van der Waals surface area contributed by atoms with Crippen LogP contribution in [0.1, 0.15) is 34.6 Å². The number of amides is 1. The smallest absolute Gasteiger partial charge is 0.270 e. The predicted octanol–water partition coefficient (Wildman–Crippen LogP) is 5.29. The van der Waals surface area contributed by atoms with Gasteiger partial charge in [0.25, 0.3) is 5.91 Å². The fourth-order valence-electron chi connectivity index (χ4n) is 3.65. The second-order valence-corrected chi connectivity index (χ2v) is 8.35. The van der Waals surface area contributed by atoms with Gasteiger partial charge < -0.3 is 19.4 Å². The number of rotatable bonds is 8. The SMILES string of the molecule is COc1cc(OC)cc(C(C)NC(=O)c2cc(Cn3ccnc3)cc(-c3ccc(F)cc3Cl)n2)c1. The number of imidazole rings is 1. The first kappa shape index (κ1) is 24.2. The minimum absolute atomic E-state index is 0.208. The lowest BCUT2D eigenvalue weighted by Gasteiger charge is -2.17. The molecule has 1 atom stereocenters. The first-order valence-corrected chi connectivity index (χ1v) is 11.2. The molecule has 0 bridgehead atoms. The highest BCUT2D eigenvalue weighted by Gasteiger charge is 2.18. The number of benzene rings is 2. The monoisotopic (exact) mass is 494 g/mol. The van der Waals surface area contributed by atoms with E-state index in [1.165, 1.54) is 12.1 Å². The molecule has 2 heterocycles. The third-order valence-corrected chi connectivity index (χ3v) is 5.78. The van der Waals surface area contributed by atoms with Crippen molar-refractivity contribution in [2.24, 2.45) is 0 Å². The normalized spacial score (nSPS) is 11.7. The second-order valence-electron chi connectivity index (χ2n) is 7.95. The molecule has 35 heavy (non-hydrogen) atoms. The van der Waals surface area contributed by atoms with Crippen molar-refractivity contribution < 1.29 is 18.7 Å². The molecule has 0 aliphatic heterocycles. The zero-order valence-corrected chi connectivity index (χ0v) is 20.2. The van der Waals surface area contributed by atoms with E-state index >= 15 is 0 Å². The molecule has 0 spiro atoms. The summed E-state index contributed by atoms with van der Waals surface area (Å²) in [5.41, 5.74) is 2.83. The van der Waals surface area contributed by atoms with Crippen LogP contribution < -0.4 is 14.8 Å². The summed E-state index contributed by atoms with van der Waals surface area (Å²) < 4.78 is 26.2. The maximum absolute atomic E-state index is 13.6. The summed E-state index contributed by atoms with van der Waals surface area (Å²) in [6.45, 7) is 2.33. The molecular formula is C26H24ClFN4O3.